The van der Waals surface area contributed by atoms with Gasteiger partial charge in [0.15, 0.2) is 6.10 Å². The highest BCUT2D eigenvalue weighted by Gasteiger charge is 2.20. The summed E-state index contributed by atoms with van der Waals surface area (Å²) in [5.41, 5.74) is 1.41. The van der Waals surface area contributed by atoms with Gasteiger partial charge < -0.3 is 14.8 Å². The average molecular weight is 412 g/mol. The van der Waals surface area contributed by atoms with Crippen LogP contribution >= 0.6 is 0 Å². The fraction of sp³-hybridized carbons (Fsp3) is 0.0800. The number of benzene rings is 3. The maximum atomic E-state index is 12.4. The summed E-state index contributed by atoms with van der Waals surface area (Å²) in [6.45, 7) is 1.52. The zero-order valence-corrected chi connectivity index (χ0v) is 16.8. The molecule has 0 aliphatic rings. The number of carbonyl (C=O) groups excluding carboxylic acids is 2. The lowest BCUT2D eigenvalue weighted by Gasteiger charge is -2.14. The molecule has 0 saturated heterocycles. The maximum absolute atomic E-state index is 12.4. The molecule has 6 nitrogen and oxygen atoms in total. The molecule has 0 bridgehead atoms. The number of anilines is 1. The summed E-state index contributed by atoms with van der Waals surface area (Å²) < 4.78 is 11.0. The zero-order chi connectivity index (χ0) is 21.6. The third-order valence-corrected chi connectivity index (χ3v) is 4.56. The van der Waals surface area contributed by atoms with E-state index >= 15 is 0 Å². The highest BCUT2D eigenvalue weighted by atomic mass is 16.5. The lowest BCUT2D eigenvalue weighted by Crippen LogP contribution is -2.30. The van der Waals surface area contributed by atoms with Crippen LogP contribution in [0.2, 0.25) is 0 Å². The number of hydrogen-bond donors (Lipinski definition) is 1. The molecule has 1 aromatic heterocycles. The molecular weight excluding hydrogens is 392 g/mol. The van der Waals surface area contributed by atoms with Crippen molar-refractivity contribution in [3.8, 4) is 11.5 Å². The fourth-order valence-electron chi connectivity index (χ4n) is 2.93. The van der Waals surface area contributed by atoms with Crippen LogP contribution in [0.5, 0.6) is 11.5 Å². The van der Waals surface area contributed by atoms with E-state index in [9.17, 15) is 9.59 Å². The molecule has 31 heavy (non-hydrogen) atoms. The summed E-state index contributed by atoms with van der Waals surface area (Å²) >= 11 is 0. The van der Waals surface area contributed by atoms with Crippen molar-refractivity contribution in [3.63, 3.8) is 0 Å². The topological polar surface area (TPSA) is 77.5 Å². The predicted octanol–water partition coefficient (Wildman–Crippen LogP) is 5.21. The molecule has 0 fully saturated rings. The monoisotopic (exact) mass is 412 g/mol. The number of esters is 1. The number of nitrogens with one attached hydrogen (secondary N) is 1. The Morgan fingerprint density at radius 3 is 2.26 bits per heavy atom. The molecule has 0 spiro atoms. The Labute approximate surface area is 179 Å². The number of para-hydroxylation sites is 2. The number of carbonyl (C=O) groups is 2. The number of pyridine rings is 1. The fourth-order valence-corrected chi connectivity index (χ4v) is 2.93. The Morgan fingerprint density at radius 1 is 0.806 bits per heavy atom. The van der Waals surface area contributed by atoms with Crippen LogP contribution in [0.1, 0.15) is 17.4 Å². The van der Waals surface area contributed by atoms with E-state index in [1.165, 1.54) is 6.92 Å². The Bertz CT molecular complexity index is 1210. The van der Waals surface area contributed by atoms with Crippen molar-refractivity contribution in [2.45, 2.75) is 13.0 Å². The summed E-state index contributed by atoms with van der Waals surface area (Å²) in [5.74, 6) is 0.277. The van der Waals surface area contributed by atoms with Gasteiger partial charge in [-0.15, -0.1) is 0 Å². The maximum Gasteiger partial charge on any atom is 0.357 e. The highest BCUT2D eigenvalue weighted by molar-refractivity contribution is 5.97. The van der Waals surface area contributed by atoms with Crippen molar-refractivity contribution in [2.24, 2.45) is 0 Å². The van der Waals surface area contributed by atoms with Gasteiger partial charge in [0.25, 0.3) is 5.91 Å². The van der Waals surface area contributed by atoms with Crippen molar-refractivity contribution in [1.29, 1.82) is 0 Å². The standard InChI is InChI=1S/C25H20N2O4/c1-17(30-25(29)23-16-11-18-7-5-6-10-22(18)27-23)24(28)26-19-12-14-21(15-13-19)31-20-8-3-2-4-9-20/h2-17H,1H3,(H,26,28)/t17-/m0/s1. The van der Waals surface area contributed by atoms with Gasteiger partial charge in [-0.2, -0.15) is 0 Å². The van der Waals surface area contributed by atoms with Crippen LogP contribution in [0.3, 0.4) is 0 Å². The van der Waals surface area contributed by atoms with E-state index in [1.54, 1.807) is 36.4 Å². The first kappa shape index (κ1) is 20.1. The Kier molecular flexibility index (Phi) is 5.89. The molecule has 4 aromatic rings. The van der Waals surface area contributed by atoms with Crippen LogP contribution in [0.4, 0.5) is 5.69 Å². The number of ether oxygens (including phenoxy) is 2. The van der Waals surface area contributed by atoms with Gasteiger partial charge in [-0.1, -0.05) is 42.5 Å². The number of hydrogen-bond acceptors (Lipinski definition) is 5. The molecule has 3 aromatic carbocycles. The van der Waals surface area contributed by atoms with Gasteiger partial charge in [-0.25, -0.2) is 9.78 Å². The second kappa shape index (κ2) is 9.09. The molecule has 0 radical (unpaired) electrons. The lowest BCUT2D eigenvalue weighted by molar-refractivity contribution is -0.123. The van der Waals surface area contributed by atoms with Crippen molar-refractivity contribution >= 4 is 28.5 Å². The Morgan fingerprint density at radius 2 is 1.48 bits per heavy atom. The van der Waals surface area contributed by atoms with Gasteiger partial charge in [0.1, 0.15) is 17.2 Å². The van der Waals surface area contributed by atoms with E-state index in [1.807, 2.05) is 54.6 Å². The highest BCUT2D eigenvalue weighted by Crippen LogP contribution is 2.22. The van der Waals surface area contributed by atoms with E-state index in [-0.39, 0.29) is 5.69 Å². The predicted molar refractivity (Wildman–Crippen MR) is 118 cm³/mol. The van der Waals surface area contributed by atoms with Crippen LogP contribution in [0.25, 0.3) is 10.9 Å². The van der Waals surface area contributed by atoms with Crippen molar-refractivity contribution in [1.82, 2.24) is 4.98 Å². The van der Waals surface area contributed by atoms with Crippen LogP contribution in [0.15, 0.2) is 91.0 Å². The van der Waals surface area contributed by atoms with E-state index in [0.717, 1.165) is 11.1 Å². The van der Waals surface area contributed by atoms with Gasteiger partial charge in [0.05, 0.1) is 5.52 Å². The molecule has 1 amide bonds. The number of amides is 1. The SMILES string of the molecule is C[C@H](OC(=O)c1ccc2ccccc2n1)C(=O)Nc1ccc(Oc2ccccc2)cc1. The molecule has 0 aliphatic heterocycles. The van der Waals surface area contributed by atoms with Gasteiger partial charge in [0, 0.05) is 11.1 Å². The molecule has 4 rings (SSSR count). The first-order chi connectivity index (χ1) is 15.1. The minimum Gasteiger partial charge on any atom is -0.457 e. The normalized spacial score (nSPS) is 11.5. The first-order valence-electron chi connectivity index (χ1n) is 9.79. The van der Waals surface area contributed by atoms with E-state index < -0.39 is 18.0 Å². The third-order valence-electron chi connectivity index (χ3n) is 4.56. The van der Waals surface area contributed by atoms with Crippen molar-refractivity contribution < 1.29 is 19.1 Å². The molecule has 0 unspecified atom stereocenters. The lowest BCUT2D eigenvalue weighted by atomic mass is 10.2. The van der Waals surface area contributed by atoms with Gasteiger partial charge in [0.2, 0.25) is 0 Å². The van der Waals surface area contributed by atoms with Crippen molar-refractivity contribution in [2.75, 3.05) is 5.32 Å². The average Bonchev–Trinajstić information content (AvgIpc) is 2.80. The Hall–Kier alpha value is -4.19. The molecular formula is C25H20N2O4. The molecule has 6 heteroatoms. The summed E-state index contributed by atoms with van der Waals surface area (Å²) in [4.78, 5) is 29.1. The molecule has 0 saturated carbocycles. The molecule has 1 atom stereocenters. The summed E-state index contributed by atoms with van der Waals surface area (Å²) in [5, 5.41) is 3.65. The minimum absolute atomic E-state index is 0.153. The van der Waals surface area contributed by atoms with Crippen LogP contribution < -0.4 is 10.1 Å². The molecule has 154 valence electrons. The van der Waals surface area contributed by atoms with E-state index in [0.29, 0.717) is 17.0 Å². The number of aromatic nitrogens is 1. The molecule has 1 heterocycles. The van der Waals surface area contributed by atoms with Gasteiger partial charge >= 0.3 is 5.97 Å². The van der Waals surface area contributed by atoms with Crippen LogP contribution in [-0.4, -0.2) is 23.0 Å². The van der Waals surface area contributed by atoms with Crippen LogP contribution in [0, 0.1) is 0 Å². The summed E-state index contributed by atoms with van der Waals surface area (Å²) in [7, 11) is 0. The minimum atomic E-state index is -0.985. The van der Waals surface area contributed by atoms with Crippen molar-refractivity contribution in [3.05, 3.63) is 96.7 Å². The third kappa shape index (κ3) is 5.05. The number of rotatable bonds is 6. The van der Waals surface area contributed by atoms with Gasteiger partial charge in [-0.05, 0) is 55.5 Å². The summed E-state index contributed by atoms with van der Waals surface area (Å²) in [6.07, 6.45) is -0.985. The second-order valence-electron chi connectivity index (χ2n) is 6.87. The smallest absolute Gasteiger partial charge is 0.357 e. The van der Waals surface area contributed by atoms with E-state index in [2.05, 4.69) is 10.3 Å². The largest absolute Gasteiger partial charge is 0.457 e. The first-order valence-corrected chi connectivity index (χ1v) is 9.79. The Balaban J connectivity index is 1.34. The molecule has 1 N–H and O–H groups in total. The second-order valence-corrected chi connectivity index (χ2v) is 6.87. The van der Waals surface area contributed by atoms with E-state index in [4.69, 9.17) is 9.47 Å². The number of fused-ring (bicyclic) bond motifs is 1. The summed E-state index contributed by atoms with van der Waals surface area (Å²) in [6, 6.07) is 27.2. The molecule has 0 aliphatic carbocycles. The van der Waals surface area contributed by atoms with Crippen LogP contribution in [-0.2, 0) is 9.53 Å². The zero-order valence-electron chi connectivity index (χ0n) is 16.8. The quantitative estimate of drug-likeness (QED) is 0.440. The number of nitrogens with zero attached hydrogens (tertiary/aromatic N) is 1. The van der Waals surface area contributed by atoms with Gasteiger partial charge in [-0.3, -0.25) is 4.79 Å².